The van der Waals surface area contributed by atoms with Crippen molar-refractivity contribution in [2.24, 2.45) is 0 Å². The molecule has 0 unspecified atom stereocenters. The Morgan fingerprint density at radius 1 is 1.27 bits per heavy atom. The lowest BCUT2D eigenvalue weighted by molar-refractivity contribution is 0.0299. The van der Waals surface area contributed by atoms with Gasteiger partial charge in [0, 0.05) is 6.26 Å². The molecular weight excluding hydrogens is 304 g/mol. The minimum absolute atomic E-state index is 0.00171. The number of sulfone groups is 1. The van der Waals surface area contributed by atoms with Crippen LogP contribution in [0.15, 0.2) is 40.8 Å². The molecule has 2 rings (SSSR count). The van der Waals surface area contributed by atoms with Crippen LogP contribution in [0.5, 0.6) is 0 Å². The SMILES string of the molecule is Cc1cccc([C@@H](C)OC(=O)c2ccc(CS(C)(=O)=O)o2)c1. The Labute approximate surface area is 129 Å². The van der Waals surface area contributed by atoms with E-state index in [-0.39, 0.29) is 17.3 Å². The van der Waals surface area contributed by atoms with Gasteiger partial charge >= 0.3 is 5.97 Å². The first-order valence-corrected chi connectivity index (χ1v) is 8.84. The van der Waals surface area contributed by atoms with Crippen molar-refractivity contribution in [1.29, 1.82) is 0 Å². The minimum atomic E-state index is -3.21. The van der Waals surface area contributed by atoms with Crippen LogP contribution in [0.1, 0.15) is 40.5 Å². The Kier molecular flexibility index (Phi) is 4.71. The van der Waals surface area contributed by atoms with Crippen molar-refractivity contribution in [1.82, 2.24) is 0 Å². The Hall–Kier alpha value is -2.08. The molecule has 0 aliphatic heterocycles. The number of aryl methyl sites for hydroxylation is 1. The normalized spacial score (nSPS) is 12.9. The number of carbonyl (C=O) groups excluding carboxylic acids is 1. The van der Waals surface area contributed by atoms with Crippen LogP contribution >= 0.6 is 0 Å². The Balaban J connectivity index is 2.06. The quantitative estimate of drug-likeness (QED) is 0.791. The summed E-state index contributed by atoms with van der Waals surface area (Å²) in [6.07, 6.45) is 0.684. The number of benzene rings is 1. The summed E-state index contributed by atoms with van der Waals surface area (Å²) < 4.78 is 33.0. The number of rotatable bonds is 5. The van der Waals surface area contributed by atoms with Crippen LogP contribution in [-0.2, 0) is 20.3 Å². The number of furan rings is 1. The summed E-state index contributed by atoms with van der Waals surface area (Å²) >= 11 is 0. The van der Waals surface area contributed by atoms with Gasteiger partial charge < -0.3 is 9.15 Å². The van der Waals surface area contributed by atoms with Crippen LogP contribution in [0.3, 0.4) is 0 Å². The van der Waals surface area contributed by atoms with Crippen LogP contribution < -0.4 is 0 Å². The second-order valence-corrected chi connectivity index (χ2v) is 7.44. The van der Waals surface area contributed by atoms with E-state index in [4.69, 9.17) is 9.15 Å². The maximum atomic E-state index is 12.0. The maximum absolute atomic E-state index is 12.0. The molecule has 1 aromatic heterocycles. The van der Waals surface area contributed by atoms with E-state index < -0.39 is 21.9 Å². The molecule has 0 saturated carbocycles. The lowest BCUT2D eigenvalue weighted by Gasteiger charge is -2.13. The van der Waals surface area contributed by atoms with Crippen LogP contribution in [-0.4, -0.2) is 20.6 Å². The van der Waals surface area contributed by atoms with Crippen LogP contribution in [0.25, 0.3) is 0 Å². The van der Waals surface area contributed by atoms with Crippen LogP contribution in [0.2, 0.25) is 0 Å². The molecule has 118 valence electrons. The highest BCUT2D eigenvalue weighted by Gasteiger charge is 2.18. The van der Waals surface area contributed by atoms with Crippen molar-refractivity contribution < 1.29 is 22.4 Å². The summed E-state index contributed by atoms with van der Waals surface area (Å²) in [4.78, 5) is 12.0. The molecular formula is C16H18O5S. The van der Waals surface area contributed by atoms with Crippen LogP contribution in [0.4, 0.5) is 0 Å². The standard InChI is InChI=1S/C16H18O5S/c1-11-5-4-6-13(9-11)12(2)20-16(17)15-8-7-14(21-15)10-22(3,18)19/h4-9,12H,10H2,1-3H3/t12-/m1/s1. The fourth-order valence-electron chi connectivity index (χ4n) is 2.03. The van der Waals surface area contributed by atoms with Gasteiger partial charge in [-0.15, -0.1) is 0 Å². The lowest BCUT2D eigenvalue weighted by Crippen LogP contribution is -2.08. The Bertz CT molecular complexity index is 773. The second-order valence-electron chi connectivity index (χ2n) is 5.30. The molecule has 22 heavy (non-hydrogen) atoms. The highest BCUT2D eigenvalue weighted by atomic mass is 32.2. The summed E-state index contributed by atoms with van der Waals surface area (Å²) in [5.41, 5.74) is 1.96. The van der Waals surface area contributed by atoms with Crippen molar-refractivity contribution in [2.45, 2.75) is 25.7 Å². The van der Waals surface area contributed by atoms with E-state index in [1.54, 1.807) is 6.92 Å². The smallest absolute Gasteiger partial charge is 0.374 e. The first-order chi connectivity index (χ1) is 10.2. The zero-order chi connectivity index (χ0) is 16.3. The molecule has 0 bridgehead atoms. The molecule has 0 radical (unpaired) electrons. The van der Waals surface area contributed by atoms with Crippen molar-refractivity contribution in [3.63, 3.8) is 0 Å². The lowest BCUT2D eigenvalue weighted by atomic mass is 10.1. The van der Waals surface area contributed by atoms with E-state index in [9.17, 15) is 13.2 Å². The molecule has 1 aromatic carbocycles. The number of ether oxygens (including phenoxy) is 1. The molecule has 0 spiro atoms. The van der Waals surface area contributed by atoms with Crippen molar-refractivity contribution in [3.05, 3.63) is 59.0 Å². The molecule has 5 nitrogen and oxygen atoms in total. The van der Waals surface area contributed by atoms with Crippen molar-refractivity contribution in [2.75, 3.05) is 6.26 Å². The summed E-state index contributed by atoms with van der Waals surface area (Å²) in [5.74, 6) is -0.641. The predicted molar refractivity (Wildman–Crippen MR) is 82.3 cm³/mol. The van der Waals surface area contributed by atoms with Gasteiger partial charge in [-0.05, 0) is 31.5 Å². The molecule has 2 aromatic rings. The zero-order valence-corrected chi connectivity index (χ0v) is 13.5. The average molecular weight is 322 g/mol. The van der Waals surface area contributed by atoms with Crippen molar-refractivity contribution >= 4 is 15.8 Å². The monoisotopic (exact) mass is 322 g/mol. The maximum Gasteiger partial charge on any atom is 0.374 e. The minimum Gasteiger partial charge on any atom is -0.453 e. The Morgan fingerprint density at radius 2 is 2.00 bits per heavy atom. The number of esters is 1. The third kappa shape index (κ3) is 4.46. The van der Waals surface area contributed by atoms with E-state index in [1.807, 2.05) is 31.2 Å². The van der Waals surface area contributed by atoms with Gasteiger partial charge in [0.15, 0.2) is 9.84 Å². The molecule has 1 heterocycles. The van der Waals surface area contributed by atoms with E-state index in [0.717, 1.165) is 17.4 Å². The van der Waals surface area contributed by atoms with Gasteiger partial charge in [-0.2, -0.15) is 0 Å². The fourth-order valence-corrected chi connectivity index (χ4v) is 2.71. The van der Waals surface area contributed by atoms with Gasteiger partial charge in [0.05, 0.1) is 0 Å². The molecule has 1 atom stereocenters. The third-order valence-corrected chi connectivity index (χ3v) is 3.87. The largest absolute Gasteiger partial charge is 0.453 e. The zero-order valence-electron chi connectivity index (χ0n) is 12.7. The summed E-state index contributed by atoms with van der Waals surface area (Å²) in [6, 6.07) is 10.6. The molecule has 0 amide bonds. The van der Waals surface area contributed by atoms with Gasteiger partial charge in [0.25, 0.3) is 0 Å². The Morgan fingerprint density at radius 3 is 2.64 bits per heavy atom. The number of carbonyl (C=O) groups is 1. The first-order valence-electron chi connectivity index (χ1n) is 6.78. The average Bonchev–Trinajstić information content (AvgIpc) is 2.85. The number of hydrogen-bond acceptors (Lipinski definition) is 5. The predicted octanol–water partition coefficient (Wildman–Crippen LogP) is 3.05. The molecule has 0 fully saturated rings. The number of hydrogen-bond donors (Lipinski definition) is 0. The van der Waals surface area contributed by atoms with Crippen molar-refractivity contribution in [3.8, 4) is 0 Å². The van der Waals surface area contributed by atoms with Gasteiger partial charge in [-0.3, -0.25) is 0 Å². The summed E-state index contributed by atoms with van der Waals surface area (Å²) in [6.45, 7) is 3.73. The van der Waals surface area contributed by atoms with E-state index in [2.05, 4.69) is 0 Å². The second kappa shape index (κ2) is 6.36. The molecule has 0 N–H and O–H groups in total. The van der Waals surface area contributed by atoms with E-state index in [1.165, 1.54) is 12.1 Å². The molecule has 6 heteroatoms. The molecule has 0 aliphatic rings. The third-order valence-electron chi connectivity index (χ3n) is 3.06. The summed E-state index contributed by atoms with van der Waals surface area (Å²) in [5, 5.41) is 0. The van der Waals surface area contributed by atoms with E-state index >= 15 is 0 Å². The van der Waals surface area contributed by atoms with E-state index in [0.29, 0.717) is 0 Å². The highest BCUT2D eigenvalue weighted by molar-refractivity contribution is 7.89. The molecule has 0 aliphatic carbocycles. The summed E-state index contributed by atoms with van der Waals surface area (Å²) in [7, 11) is -3.21. The van der Waals surface area contributed by atoms with Gasteiger partial charge in [0.1, 0.15) is 17.6 Å². The van der Waals surface area contributed by atoms with Crippen LogP contribution in [0, 0.1) is 6.92 Å². The molecule has 0 saturated heterocycles. The highest BCUT2D eigenvalue weighted by Crippen LogP contribution is 2.20. The van der Waals surface area contributed by atoms with Gasteiger partial charge in [-0.1, -0.05) is 29.8 Å². The fraction of sp³-hybridized carbons (Fsp3) is 0.312. The van der Waals surface area contributed by atoms with Gasteiger partial charge in [0.2, 0.25) is 5.76 Å². The van der Waals surface area contributed by atoms with Gasteiger partial charge in [-0.25, -0.2) is 13.2 Å². The topological polar surface area (TPSA) is 73.6 Å². The first kappa shape index (κ1) is 16.3.